The summed E-state index contributed by atoms with van der Waals surface area (Å²) in [6.07, 6.45) is -1.46. The molecule has 2 aromatic rings. The summed E-state index contributed by atoms with van der Waals surface area (Å²) in [6, 6.07) is 17.6. The van der Waals surface area contributed by atoms with Gasteiger partial charge in [-0.2, -0.15) is 13.2 Å². The van der Waals surface area contributed by atoms with E-state index < -0.39 is 11.9 Å². The quantitative estimate of drug-likeness (QED) is 0.507. The van der Waals surface area contributed by atoms with Crippen LogP contribution in [0.3, 0.4) is 0 Å². The zero-order valence-corrected chi connectivity index (χ0v) is 12.7. The van der Waals surface area contributed by atoms with Crippen LogP contribution in [0.25, 0.3) is 11.6 Å². The molecule has 0 aliphatic heterocycles. The summed E-state index contributed by atoms with van der Waals surface area (Å²) < 4.78 is 45.0. The van der Waals surface area contributed by atoms with Crippen molar-refractivity contribution in [3.63, 3.8) is 0 Å². The second-order valence-corrected chi connectivity index (χ2v) is 4.78. The molecule has 0 N–H and O–H groups in total. The van der Waals surface area contributed by atoms with Crippen LogP contribution in [-0.2, 0) is 4.74 Å². The third-order valence-electron chi connectivity index (χ3n) is 3.12. The van der Waals surface area contributed by atoms with Gasteiger partial charge >= 0.3 is 6.18 Å². The first-order valence-electron chi connectivity index (χ1n) is 7.25. The highest BCUT2D eigenvalue weighted by atomic mass is 19.4. The Morgan fingerprint density at radius 3 is 2.04 bits per heavy atom. The van der Waals surface area contributed by atoms with E-state index in [0.29, 0.717) is 5.56 Å². The average Bonchev–Trinajstić information content (AvgIpc) is 2.55. The normalized spacial score (nSPS) is 13.0. The summed E-state index contributed by atoms with van der Waals surface area (Å²) in [5, 5.41) is 0. The Labute approximate surface area is 133 Å². The van der Waals surface area contributed by atoms with Crippen molar-refractivity contribution < 1.29 is 17.9 Å². The van der Waals surface area contributed by atoms with Crippen molar-refractivity contribution in [1.82, 2.24) is 0 Å². The highest BCUT2D eigenvalue weighted by Gasteiger charge is 2.38. The van der Waals surface area contributed by atoms with Crippen LogP contribution in [0.2, 0.25) is 0 Å². The van der Waals surface area contributed by atoms with Gasteiger partial charge in [-0.1, -0.05) is 72.8 Å². The van der Waals surface area contributed by atoms with Gasteiger partial charge in [-0.25, -0.2) is 0 Å². The molecule has 2 aromatic carbocycles. The first kappa shape index (κ1) is 16.9. The van der Waals surface area contributed by atoms with Crippen molar-refractivity contribution >= 4 is 11.6 Å². The second kappa shape index (κ2) is 7.68. The number of rotatable bonds is 5. The summed E-state index contributed by atoms with van der Waals surface area (Å²) in [5.41, 5.74) is 1.29. The zero-order valence-electron chi connectivity index (χ0n) is 12.7. The minimum absolute atomic E-state index is 0.0174. The predicted molar refractivity (Wildman–Crippen MR) is 86.5 cm³/mol. The molecule has 0 aromatic heterocycles. The molecule has 0 fully saturated rings. The molecular weight excluding hydrogens is 301 g/mol. The Bertz CT molecular complexity index is 671. The second-order valence-electron chi connectivity index (χ2n) is 4.78. The molecule has 4 heteroatoms. The van der Waals surface area contributed by atoms with E-state index in [0.717, 1.165) is 5.56 Å². The Kier molecular flexibility index (Phi) is 5.63. The van der Waals surface area contributed by atoms with Gasteiger partial charge in [0.15, 0.2) is 0 Å². The fourth-order valence-electron chi connectivity index (χ4n) is 2.12. The van der Waals surface area contributed by atoms with Crippen LogP contribution in [-0.4, -0.2) is 12.8 Å². The molecule has 0 amide bonds. The molecule has 23 heavy (non-hydrogen) atoms. The fourth-order valence-corrected chi connectivity index (χ4v) is 2.12. The SMILES string of the molecule is CCO/C(=C(\C=C\c1ccccc1)c1ccccc1)C(F)(F)F. The maximum Gasteiger partial charge on any atom is 0.449 e. The van der Waals surface area contributed by atoms with Gasteiger partial charge in [0.2, 0.25) is 5.76 Å². The van der Waals surface area contributed by atoms with Crippen molar-refractivity contribution in [1.29, 1.82) is 0 Å². The van der Waals surface area contributed by atoms with E-state index in [2.05, 4.69) is 0 Å². The van der Waals surface area contributed by atoms with Gasteiger partial charge in [0, 0.05) is 5.57 Å². The monoisotopic (exact) mass is 318 g/mol. The van der Waals surface area contributed by atoms with Crippen LogP contribution in [0, 0.1) is 0 Å². The first-order chi connectivity index (χ1) is 11.0. The number of ether oxygens (including phenoxy) is 1. The summed E-state index contributed by atoms with van der Waals surface area (Å²) in [5.74, 6) is -0.974. The van der Waals surface area contributed by atoms with Gasteiger partial charge < -0.3 is 4.74 Å². The van der Waals surface area contributed by atoms with Crippen molar-refractivity contribution in [2.75, 3.05) is 6.61 Å². The lowest BCUT2D eigenvalue weighted by Gasteiger charge is -2.16. The summed E-state index contributed by atoms with van der Waals surface area (Å²) in [7, 11) is 0. The Morgan fingerprint density at radius 2 is 1.52 bits per heavy atom. The Hall–Kier alpha value is -2.49. The lowest BCUT2D eigenvalue weighted by molar-refractivity contribution is -0.128. The standard InChI is InChI=1S/C19H17F3O/c1-2-23-18(19(20,21)22)17(16-11-7-4-8-12-16)14-13-15-9-5-3-6-10-15/h3-14H,2H2,1H3/b14-13+,18-17+. The molecule has 0 bridgehead atoms. The lowest BCUT2D eigenvalue weighted by atomic mass is 10.0. The summed E-state index contributed by atoms with van der Waals surface area (Å²) in [4.78, 5) is 0. The number of halogens is 3. The van der Waals surface area contributed by atoms with Gasteiger partial charge in [-0.15, -0.1) is 0 Å². The fraction of sp³-hybridized carbons (Fsp3) is 0.158. The Morgan fingerprint density at radius 1 is 0.957 bits per heavy atom. The minimum atomic E-state index is -4.55. The molecule has 2 rings (SSSR count). The molecule has 0 aliphatic rings. The number of hydrogen-bond acceptors (Lipinski definition) is 1. The van der Waals surface area contributed by atoms with Crippen molar-refractivity contribution in [3.8, 4) is 0 Å². The van der Waals surface area contributed by atoms with Crippen LogP contribution in [0.5, 0.6) is 0 Å². The molecule has 0 atom stereocenters. The third-order valence-corrected chi connectivity index (χ3v) is 3.12. The molecular formula is C19H17F3O. The van der Waals surface area contributed by atoms with Crippen LogP contribution >= 0.6 is 0 Å². The van der Waals surface area contributed by atoms with E-state index in [1.165, 1.54) is 13.0 Å². The minimum Gasteiger partial charge on any atom is -0.489 e. The molecule has 0 unspecified atom stereocenters. The third kappa shape index (κ3) is 4.74. The smallest absolute Gasteiger partial charge is 0.449 e. The van der Waals surface area contributed by atoms with E-state index in [4.69, 9.17) is 4.74 Å². The van der Waals surface area contributed by atoms with Crippen LogP contribution in [0.15, 0.2) is 72.5 Å². The van der Waals surface area contributed by atoms with Gasteiger partial charge in [0.1, 0.15) is 0 Å². The van der Waals surface area contributed by atoms with Gasteiger partial charge in [0.25, 0.3) is 0 Å². The van der Waals surface area contributed by atoms with Crippen LogP contribution in [0.1, 0.15) is 18.1 Å². The molecule has 0 spiro atoms. The molecule has 120 valence electrons. The first-order valence-corrected chi connectivity index (χ1v) is 7.25. The lowest BCUT2D eigenvalue weighted by Crippen LogP contribution is -2.16. The topological polar surface area (TPSA) is 9.23 Å². The maximum atomic E-state index is 13.4. The Balaban J connectivity index is 2.53. The number of hydrogen-bond donors (Lipinski definition) is 0. The van der Waals surface area contributed by atoms with E-state index >= 15 is 0 Å². The van der Waals surface area contributed by atoms with Gasteiger partial charge in [-0.05, 0) is 18.1 Å². The molecule has 1 nitrogen and oxygen atoms in total. The largest absolute Gasteiger partial charge is 0.489 e. The maximum absolute atomic E-state index is 13.4. The van der Waals surface area contributed by atoms with Crippen LogP contribution < -0.4 is 0 Å². The zero-order chi connectivity index (χ0) is 16.7. The van der Waals surface area contributed by atoms with Gasteiger partial charge in [-0.3, -0.25) is 0 Å². The van der Waals surface area contributed by atoms with Crippen molar-refractivity contribution in [2.24, 2.45) is 0 Å². The van der Waals surface area contributed by atoms with Crippen molar-refractivity contribution in [2.45, 2.75) is 13.1 Å². The number of allylic oxidation sites excluding steroid dienone is 3. The molecule has 0 saturated heterocycles. The number of benzene rings is 2. The molecule has 0 aliphatic carbocycles. The van der Waals surface area contributed by atoms with Crippen molar-refractivity contribution in [3.05, 3.63) is 83.6 Å². The van der Waals surface area contributed by atoms with E-state index in [-0.39, 0.29) is 12.2 Å². The van der Waals surface area contributed by atoms with Gasteiger partial charge in [0.05, 0.1) is 6.61 Å². The van der Waals surface area contributed by atoms with E-state index in [9.17, 15) is 13.2 Å². The molecule has 0 heterocycles. The average molecular weight is 318 g/mol. The summed E-state index contributed by atoms with van der Waals surface area (Å²) in [6.45, 7) is 1.49. The summed E-state index contributed by atoms with van der Waals surface area (Å²) >= 11 is 0. The number of alkyl halides is 3. The molecule has 0 saturated carbocycles. The highest BCUT2D eigenvalue weighted by Crippen LogP contribution is 2.34. The van der Waals surface area contributed by atoms with Crippen LogP contribution in [0.4, 0.5) is 13.2 Å². The van der Waals surface area contributed by atoms with E-state index in [1.54, 1.807) is 36.4 Å². The predicted octanol–water partition coefficient (Wildman–Crippen LogP) is 5.71. The van der Waals surface area contributed by atoms with E-state index in [1.807, 2.05) is 30.3 Å². The highest BCUT2D eigenvalue weighted by molar-refractivity contribution is 5.80. The molecule has 0 radical (unpaired) electrons.